The first-order chi connectivity index (χ1) is 9.45. The molecule has 2 N–H and O–H groups in total. The van der Waals surface area contributed by atoms with Gasteiger partial charge in [-0.2, -0.15) is 0 Å². The highest BCUT2D eigenvalue weighted by Crippen LogP contribution is 2.21. The number of aryl methyl sites for hydroxylation is 1. The Kier molecular flexibility index (Phi) is 3.95. The number of halogens is 1. The molecule has 0 saturated carbocycles. The van der Waals surface area contributed by atoms with Crippen LogP contribution in [0.25, 0.3) is 5.69 Å². The third kappa shape index (κ3) is 2.47. The minimum absolute atomic E-state index is 0.0368. The van der Waals surface area contributed by atoms with Crippen molar-refractivity contribution >= 4 is 23.3 Å². The lowest BCUT2D eigenvalue weighted by molar-refractivity contribution is 0.0997. The van der Waals surface area contributed by atoms with Crippen LogP contribution in [-0.4, -0.2) is 22.1 Å². The molecule has 104 valence electrons. The summed E-state index contributed by atoms with van der Waals surface area (Å²) in [6.07, 6.45) is 0. The highest BCUT2D eigenvalue weighted by atomic mass is 35.5. The van der Waals surface area contributed by atoms with Crippen molar-refractivity contribution in [3.63, 3.8) is 0 Å². The van der Waals surface area contributed by atoms with Crippen molar-refractivity contribution in [3.8, 4) is 5.69 Å². The monoisotopic (exact) mass is 290 g/mol. The molecular weight excluding hydrogens is 276 g/mol. The van der Waals surface area contributed by atoms with E-state index >= 15 is 0 Å². The van der Waals surface area contributed by atoms with Crippen LogP contribution in [0.1, 0.15) is 32.1 Å². The average Bonchev–Trinajstić information content (AvgIpc) is 2.73. The molecule has 0 aliphatic rings. The Morgan fingerprint density at radius 3 is 2.30 bits per heavy atom. The van der Waals surface area contributed by atoms with E-state index < -0.39 is 5.91 Å². The molecule has 2 aromatic rings. The number of alkyl halides is 1. The molecule has 0 atom stereocenters. The number of carbonyl (C=O) groups excluding carboxylic acids is 2. The molecule has 20 heavy (non-hydrogen) atoms. The van der Waals surface area contributed by atoms with E-state index in [-0.39, 0.29) is 11.7 Å². The number of rotatable bonds is 4. The Labute approximate surface area is 122 Å². The number of ketones is 1. The van der Waals surface area contributed by atoms with E-state index in [1.807, 2.05) is 24.5 Å². The van der Waals surface area contributed by atoms with Crippen LogP contribution in [-0.2, 0) is 0 Å². The lowest BCUT2D eigenvalue weighted by atomic mass is 10.1. The first-order valence-electron chi connectivity index (χ1n) is 6.14. The second-order valence-electron chi connectivity index (χ2n) is 4.59. The van der Waals surface area contributed by atoms with Crippen molar-refractivity contribution in [2.75, 3.05) is 5.88 Å². The van der Waals surface area contributed by atoms with E-state index in [0.29, 0.717) is 11.1 Å². The molecule has 2 rings (SSSR count). The van der Waals surface area contributed by atoms with Crippen molar-refractivity contribution in [2.24, 2.45) is 5.73 Å². The molecule has 0 fully saturated rings. The maximum atomic E-state index is 11.8. The molecule has 0 spiro atoms. The summed E-state index contributed by atoms with van der Waals surface area (Å²) in [5.74, 6) is -0.597. The van der Waals surface area contributed by atoms with Crippen LogP contribution in [0, 0.1) is 13.8 Å². The highest BCUT2D eigenvalue weighted by Gasteiger charge is 2.15. The van der Waals surface area contributed by atoms with Crippen molar-refractivity contribution in [3.05, 3.63) is 52.8 Å². The number of Topliss-reactive ketones (excluding diaryl/α,β-unsaturated/α-hetero) is 1. The molecule has 5 heteroatoms. The fourth-order valence-electron chi connectivity index (χ4n) is 2.29. The largest absolute Gasteiger partial charge is 0.366 e. The van der Waals surface area contributed by atoms with Gasteiger partial charge < -0.3 is 10.3 Å². The van der Waals surface area contributed by atoms with Crippen LogP contribution in [0.15, 0.2) is 30.3 Å². The quantitative estimate of drug-likeness (QED) is 0.695. The number of carbonyl (C=O) groups is 2. The Morgan fingerprint density at radius 1 is 1.20 bits per heavy atom. The molecule has 4 nitrogen and oxygen atoms in total. The number of primary amides is 1. The van der Waals surface area contributed by atoms with Gasteiger partial charge in [0.1, 0.15) is 0 Å². The van der Waals surface area contributed by atoms with Gasteiger partial charge in [-0.25, -0.2) is 0 Å². The van der Waals surface area contributed by atoms with Gasteiger partial charge in [-0.05, 0) is 44.2 Å². The zero-order valence-corrected chi connectivity index (χ0v) is 12.1. The van der Waals surface area contributed by atoms with Crippen LogP contribution in [0.2, 0.25) is 0 Å². The second-order valence-corrected chi connectivity index (χ2v) is 4.86. The molecule has 0 saturated heterocycles. The Hall–Kier alpha value is -2.07. The summed E-state index contributed by atoms with van der Waals surface area (Å²) in [4.78, 5) is 22.8. The third-order valence-corrected chi connectivity index (χ3v) is 3.51. The van der Waals surface area contributed by atoms with Gasteiger partial charge >= 0.3 is 0 Å². The summed E-state index contributed by atoms with van der Waals surface area (Å²) in [5, 5.41) is 0. The predicted octanol–water partition coefficient (Wildman–Crippen LogP) is 2.61. The van der Waals surface area contributed by atoms with Gasteiger partial charge in [0, 0.05) is 28.2 Å². The number of benzene rings is 1. The molecule has 1 aromatic heterocycles. The molecule has 1 aromatic carbocycles. The number of nitrogens with two attached hydrogens (primary N) is 1. The van der Waals surface area contributed by atoms with Crippen LogP contribution in [0.3, 0.4) is 0 Å². The van der Waals surface area contributed by atoms with E-state index in [1.165, 1.54) is 0 Å². The van der Waals surface area contributed by atoms with Gasteiger partial charge in [-0.15, -0.1) is 11.6 Å². The lowest BCUT2D eigenvalue weighted by Gasteiger charge is -2.10. The molecule has 0 aliphatic heterocycles. The standard InChI is InChI=1S/C15H15ClN2O2/c1-9-7-13(14(19)8-16)10(2)18(9)12-5-3-11(4-6-12)15(17)20/h3-7H,8H2,1-2H3,(H2,17,20). The van der Waals surface area contributed by atoms with Gasteiger partial charge in [0.25, 0.3) is 0 Å². The van der Waals surface area contributed by atoms with E-state index in [9.17, 15) is 9.59 Å². The maximum absolute atomic E-state index is 11.8. The number of hydrogen-bond donors (Lipinski definition) is 1. The van der Waals surface area contributed by atoms with Gasteiger partial charge in [0.15, 0.2) is 5.78 Å². The van der Waals surface area contributed by atoms with Crippen LogP contribution in [0.4, 0.5) is 0 Å². The number of aromatic nitrogens is 1. The Bertz CT molecular complexity index is 672. The highest BCUT2D eigenvalue weighted by molar-refractivity contribution is 6.30. The van der Waals surface area contributed by atoms with Crippen molar-refractivity contribution in [1.82, 2.24) is 4.57 Å². The summed E-state index contributed by atoms with van der Waals surface area (Å²) < 4.78 is 1.95. The first-order valence-corrected chi connectivity index (χ1v) is 6.67. The topological polar surface area (TPSA) is 65.1 Å². The molecular formula is C15H15ClN2O2. The van der Waals surface area contributed by atoms with Crippen molar-refractivity contribution in [1.29, 1.82) is 0 Å². The summed E-state index contributed by atoms with van der Waals surface area (Å²) in [5.41, 5.74) is 8.93. The predicted molar refractivity (Wildman–Crippen MR) is 78.8 cm³/mol. The molecule has 1 amide bonds. The summed E-state index contributed by atoms with van der Waals surface area (Å²) in [6.45, 7) is 3.79. The molecule has 1 heterocycles. The number of nitrogens with zero attached hydrogens (tertiary/aromatic N) is 1. The van der Waals surface area contributed by atoms with Gasteiger partial charge in [-0.3, -0.25) is 9.59 Å². The molecule has 0 aliphatic carbocycles. The Morgan fingerprint density at radius 2 is 1.80 bits per heavy atom. The summed E-state index contributed by atoms with van der Waals surface area (Å²) in [7, 11) is 0. The van der Waals surface area contributed by atoms with Crippen molar-refractivity contribution < 1.29 is 9.59 Å². The van der Waals surface area contributed by atoms with Crippen LogP contribution >= 0.6 is 11.6 Å². The number of hydrogen-bond acceptors (Lipinski definition) is 2. The fourth-order valence-corrected chi connectivity index (χ4v) is 2.43. The Balaban J connectivity index is 2.50. The summed E-state index contributed by atoms with van der Waals surface area (Å²) >= 11 is 5.61. The second kappa shape index (κ2) is 5.51. The third-order valence-electron chi connectivity index (χ3n) is 3.26. The zero-order chi connectivity index (χ0) is 14.9. The van der Waals surface area contributed by atoms with E-state index in [1.54, 1.807) is 24.3 Å². The summed E-state index contributed by atoms with van der Waals surface area (Å²) in [6, 6.07) is 8.76. The molecule has 0 unspecified atom stereocenters. The zero-order valence-electron chi connectivity index (χ0n) is 11.3. The van der Waals surface area contributed by atoms with Crippen molar-refractivity contribution in [2.45, 2.75) is 13.8 Å². The molecule has 0 radical (unpaired) electrons. The first kappa shape index (κ1) is 14.3. The van der Waals surface area contributed by atoms with E-state index in [4.69, 9.17) is 17.3 Å². The minimum atomic E-state index is -0.462. The maximum Gasteiger partial charge on any atom is 0.248 e. The van der Waals surface area contributed by atoms with Crippen LogP contribution < -0.4 is 5.73 Å². The normalized spacial score (nSPS) is 10.6. The fraction of sp³-hybridized carbons (Fsp3) is 0.200. The van der Waals surface area contributed by atoms with Crippen LogP contribution in [0.5, 0.6) is 0 Å². The lowest BCUT2D eigenvalue weighted by Crippen LogP contribution is -2.11. The van der Waals surface area contributed by atoms with Gasteiger partial charge in [0.05, 0.1) is 5.88 Å². The minimum Gasteiger partial charge on any atom is -0.366 e. The average molecular weight is 291 g/mol. The SMILES string of the molecule is Cc1cc(C(=O)CCl)c(C)n1-c1ccc(C(N)=O)cc1. The van der Waals surface area contributed by atoms with Gasteiger partial charge in [0.2, 0.25) is 5.91 Å². The van der Waals surface area contributed by atoms with E-state index in [2.05, 4.69) is 0 Å². The smallest absolute Gasteiger partial charge is 0.248 e. The van der Waals surface area contributed by atoms with Gasteiger partial charge in [-0.1, -0.05) is 0 Å². The number of amides is 1. The van der Waals surface area contributed by atoms with E-state index in [0.717, 1.165) is 17.1 Å². The molecule has 0 bridgehead atoms.